The summed E-state index contributed by atoms with van der Waals surface area (Å²) in [6.07, 6.45) is 3.77. The summed E-state index contributed by atoms with van der Waals surface area (Å²) < 4.78 is 1.82. The topological polar surface area (TPSA) is 71.8 Å². The number of hydrogen-bond acceptors (Lipinski definition) is 4. The van der Waals surface area contributed by atoms with E-state index in [1.54, 1.807) is 6.20 Å². The van der Waals surface area contributed by atoms with Crippen LogP contribution < -0.4 is 10.6 Å². The fourth-order valence-corrected chi connectivity index (χ4v) is 2.88. The maximum absolute atomic E-state index is 12.4. The molecular weight excluding hydrogens is 302 g/mol. The molecule has 2 heterocycles. The van der Waals surface area contributed by atoms with Gasteiger partial charge in [-0.3, -0.25) is 4.79 Å². The SMILES string of the molecule is CC(C)(C)c1ccc(NC(=O)c2cn(C3CCNCC3)nn2)cc1. The van der Waals surface area contributed by atoms with Gasteiger partial charge >= 0.3 is 0 Å². The van der Waals surface area contributed by atoms with Gasteiger partial charge in [0.25, 0.3) is 5.91 Å². The van der Waals surface area contributed by atoms with Gasteiger partial charge in [-0.25, -0.2) is 4.68 Å². The predicted molar refractivity (Wildman–Crippen MR) is 94.3 cm³/mol. The molecule has 1 fully saturated rings. The normalized spacial score (nSPS) is 16.1. The van der Waals surface area contributed by atoms with Gasteiger partial charge in [0.15, 0.2) is 5.69 Å². The van der Waals surface area contributed by atoms with E-state index in [2.05, 4.69) is 41.7 Å². The third-order valence-corrected chi connectivity index (χ3v) is 4.43. The van der Waals surface area contributed by atoms with E-state index in [9.17, 15) is 4.79 Å². The number of nitrogens with zero attached hydrogens (tertiary/aromatic N) is 3. The zero-order valence-corrected chi connectivity index (χ0v) is 14.5. The molecule has 1 aromatic carbocycles. The lowest BCUT2D eigenvalue weighted by Gasteiger charge is -2.22. The van der Waals surface area contributed by atoms with Crippen molar-refractivity contribution in [2.24, 2.45) is 0 Å². The van der Waals surface area contributed by atoms with Gasteiger partial charge in [0.2, 0.25) is 0 Å². The van der Waals surface area contributed by atoms with Crippen LogP contribution in [0.5, 0.6) is 0 Å². The maximum Gasteiger partial charge on any atom is 0.277 e. The lowest BCUT2D eigenvalue weighted by atomic mass is 9.87. The molecule has 2 N–H and O–H groups in total. The maximum atomic E-state index is 12.4. The van der Waals surface area contributed by atoms with Crippen LogP contribution in [0.25, 0.3) is 0 Å². The molecule has 6 heteroatoms. The highest BCUT2D eigenvalue weighted by Gasteiger charge is 2.19. The van der Waals surface area contributed by atoms with E-state index in [-0.39, 0.29) is 11.3 Å². The fourth-order valence-electron chi connectivity index (χ4n) is 2.88. The third kappa shape index (κ3) is 3.82. The van der Waals surface area contributed by atoms with E-state index >= 15 is 0 Å². The van der Waals surface area contributed by atoms with Gasteiger partial charge in [0.1, 0.15) is 0 Å². The molecule has 1 aromatic heterocycles. The van der Waals surface area contributed by atoms with Crippen molar-refractivity contribution in [1.82, 2.24) is 20.3 Å². The van der Waals surface area contributed by atoms with Crippen LogP contribution in [0.3, 0.4) is 0 Å². The van der Waals surface area contributed by atoms with E-state index < -0.39 is 0 Å². The molecule has 0 atom stereocenters. The van der Waals surface area contributed by atoms with Crippen LogP contribution in [-0.2, 0) is 5.41 Å². The summed E-state index contributed by atoms with van der Waals surface area (Å²) in [4.78, 5) is 12.4. The van der Waals surface area contributed by atoms with Crippen LogP contribution in [-0.4, -0.2) is 34.0 Å². The van der Waals surface area contributed by atoms with Crippen molar-refractivity contribution in [3.8, 4) is 0 Å². The number of carbonyl (C=O) groups excluding carboxylic acids is 1. The Kier molecular flexibility index (Phi) is 4.66. The molecule has 0 saturated carbocycles. The first-order valence-corrected chi connectivity index (χ1v) is 8.48. The van der Waals surface area contributed by atoms with Crippen molar-refractivity contribution in [3.05, 3.63) is 41.7 Å². The molecule has 0 unspecified atom stereocenters. The van der Waals surface area contributed by atoms with E-state index in [1.807, 2.05) is 28.9 Å². The molecular formula is C18H25N5O. The molecule has 128 valence electrons. The molecule has 1 aliphatic rings. The molecule has 0 aliphatic carbocycles. The van der Waals surface area contributed by atoms with Gasteiger partial charge in [0, 0.05) is 5.69 Å². The van der Waals surface area contributed by atoms with Gasteiger partial charge < -0.3 is 10.6 Å². The average Bonchev–Trinajstić information content (AvgIpc) is 3.05. The zero-order chi connectivity index (χ0) is 17.2. The van der Waals surface area contributed by atoms with Gasteiger partial charge in [0.05, 0.1) is 12.2 Å². The Morgan fingerprint density at radius 3 is 2.50 bits per heavy atom. The molecule has 1 saturated heterocycles. The Balaban J connectivity index is 1.65. The van der Waals surface area contributed by atoms with Crippen molar-refractivity contribution in [2.75, 3.05) is 18.4 Å². The summed E-state index contributed by atoms with van der Waals surface area (Å²) in [6.45, 7) is 8.46. The average molecular weight is 327 g/mol. The molecule has 1 amide bonds. The first-order valence-electron chi connectivity index (χ1n) is 8.48. The van der Waals surface area contributed by atoms with Crippen LogP contribution in [0.15, 0.2) is 30.5 Å². The summed E-state index contributed by atoms with van der Waals surface area (Å²) in [5, 5.41) is 14.4. The molecule has 1 aliphatic heterocycles. The van der Waals surface area contributed by atoms with Crippen LogP contribution in [0.2, 0.25) is 0 Å². The van der Waals surface area contributed by atoms with Crippen LogP contribution in [0.1, 0.15) is 55.7 Å². The molecule has 3 rings (SSSR count). The van der Waals surface area contributed by atoms with E-state index in [0.29, 0.717) is 11.7 Å². The van der Waals surface area contributed by atoms with Gasteiger partial charge in [-0.15, -0.1) is 5.10 Å². The minimum absolute atomic E-state index is 0.0973. The Bertz CT molecular complexity index is 693. The second-order valence-electron chi connectivity index (χ2n) is 7.35. The molecule has 6 nitrogen and oxygen atoms in total. The molecule has 0 bridgehead atoms. The van der Waals surface area contributed by atoms with Gasteiger partial charge in [-0.05, 0) is 49.0 Å². The third-order valence-electron chi connectivity index (χ3n) is 4.43. The van der Waals surface area contributed by atoms with Crippen LogP contribution in [0, 0.1) is 0 Å². The number of anilines is 1. The fraction of sp³-hybridized carbons (Fsp3) is 0.500. The minimum Gasteiger partial charge on any atom is -0.321 e. The van der Waals surface area contributed by atoms with Gasteiger partial charge in [-0.2, -0.15) is 0 Å². The lowest BCUT2D eigenvalue weighted by Crippen LogP contribution is -2.29. The predicted octanol–water partition coefficient (Wildman–Crippen LogP) is 2.75. The minimum atomic E-state index is -0.223. The number of hydrogen-bond donors (Lipinski definition) is 2. The van der Waals surface area contributed by atoms with Crippen molar-refractivity contribution in [2.45, 2.75) is 45.1 Å². The number of nitrogens with one attached hydrogen (secondary N) is 2. The first kappa shape index (κ1) is 16.6. The summed E-state index contributed by atoms with van der Waals surface area (Å²) in [6, 6.07) is 8.26. The summed E-state index contributed by atoms with van der Waals surface area (Å²) in [5.74, 6) is -0.223. The quantitative estimate of drug-likeness (QED) is 0.909. The van der Waals surface area contributed by atoms with E-state index in [1.165, 1.54) is 5.56 Å². The highest BCUT2D eigenvalue weighted by molar-refractivity contribution is 6.02. The highest BCUT2D eigenvalue weighted by Crippen LogP contribution is 2.23. The molecule has 0 radical (unpaired) electrons. The molecule has 2 aromatic rings. The van der Waals surface area contributed by atoms with Gasteiger partial charge in [-0.1, -0.05) is 38.1 Å². The number of benzene rings is 1. The van der Waals surface area contributed by atoms with Crippen LogP contribution in [0.4, 0.5) is 5.69 Å². The van der Waals surface area contributed by atoms with E-state index in [0.717, 1.165) is 31.6 Å². The Morgan fingerprint density at radius 2 is 1.88 bits per heavy atom. The molecule has 0 spiro atoms. The lowest BCUT2D eigenvalue weighted by molar-refractivity contribution is 0.102. The zero-order valence-electron chi connectivity index (χ0n) is 14.5. The first-order chi connectivity index (χ1) is 11.4. The Hall–Kier alpha value is -2.21. The number of amides is 1. The Morgan fingerprint density at radius 1 is 1.21 bits per heavy atom. The van der Waals surface area contributed by atoms with Crippen molar-refractivity contribution in [3.63, 3.8) is 0 Å². The van der Waals surface area contributed by atoms with Crippen molar-refractivity contribution >= 4 is 11.6 Å². The second kappa shape index (κ2) is 6.73. The smallest absolute Gasteiger partial charge is 0.277 e. The number of rotatable bonds is 3. The number of carbonyl (C=O) groups is 1. The van der Waals surface area contributed by atoms with Crippen molar-refractivity contribution < 1.29 is 4.79 Å². The Labute approximate surface area is 142 Å². The number of aromatic nitrogens is 3. The molecule has 24 heavy (non-hydrogen) atoms. The van der Waals surface area contributed by atoms with Crippen LogP contribution >= 0.6 is 0 Å². The highest BCUT2D eigenvalue weighted by atomic mass is 16.2. The second-order valence-corrected chi connectivity index (χ2v) is 7.35. The number of piperidine rings is 1. The summed E-state index contributed by atoms with van der Waals surface area (Å²) in [7, 11) is 0. The summed E-state index contributed by atoms with van der Waals surface area (Å²) >= 11 is 0. The van der Waals surface area contributed by atoms with Crippen molar-refractivity contribution in [1.29, 1.82) is 0 Å². The van der Waals surface area contributed by atoms with E-state index in [4.69, 9.17) is 0 Å². The largest absolute Gasteiger partial charge is 0.321 e. The standard InChI is InChI=1S/C18H25N5O/c1-18(2,3)13-4-6-14(7-5-13)20-17(24)16-12-23(22-21-16)15-8-10-19-11-9-15/h4-7,12,15,19H,8-11H2,1-3H3,(H,20,24). The monoisotopic (exact) mass is 327 g/mol. The summed E-state index contributed by atoms with van der Waals surface area (Å²) in [5.41, 5.74) is 2.45.